The molecule has 0 aliphatic carbocycles. The zero-order chi connectivity index (χ0) is 10.2. The molecular weight excluding hydrogens is 193 g/mol. The Hall–Kier alpha value is -1.45. The minimum absolute atomic E-state index is 0.222. The molecule has 0 aliphatic rings. The van der Waals surface area contributed by atoms with Crippen molar-refractivity contribution in [2.45, 2.75) is 12.6 Å². The van der Waals surface area contributed by atoms with Crippen LogP contribution in [0.3, 0.4) is 0 Å². The van der Waals surface area contributed by atoms with Crippen molar-refractivity contribution < 1.29 is 17.6 Å². The highest BCUT2D eigenvalue weighted by atomic mass is 19.4. The van der Waals surface area contributed by atoms with E-state index in [1.54, 1.807) is 12.1 Å². The van der Waals surface area contributed by atoms with Crippen molar-refractivity contribution in [3.8, 4) is 0 Å². The van der Waals surface area contributed by atoms with Gasteiger partial charge in [-0.15, -0.1) is 0 Å². The van der Waals surface area contributed by atoms with Crippen LogP contribution in [-0.4, -0.2) is 6.18 Å². The van der Waals surface area contributed by atoms with Crippen LogP contribution in [0.15, 0.2) is 34.9 Å². The molecule has 4 heteroatoms. The topological polar surface area (TPSA) is 13.1 Å². The maximum Gasteiger partial charge on any atom is 0.393 e. The molecule has 0 fully saturated rings. The van der Waals surface area contributed by atoms with Crippen LogP contribution in [-0.2, 0) is 6.42 Å². The van der Waals surface area contributed by atoms with Gasteiger partial charge in [0.15, 0.2) is 0 Å². The number of hydrogen-bond acceptors (Lipinski definition) is 1. The maximum atomic E-state index is 12.0. The van der Waals surface area contributed by atoms with E-state index in [2.05, 4.69) is 0 Å². The minimum atomic E-state index is -4.17. The zero-order valence-corrected chi connectivity index (χ0v) is 7.14. The number of hydrogen-bond donors (Lipinski definition) is 0. The molecule has 2 rings (SSSR count). The van der Waals surface area contributed by atoms with E-state index in [9.17, 15) is 13.2 Å². The first kappa shape index (κ1) is 9.12. The summed E-state index contributed by atoms with van der Waals surface area (Å²) in [6, 6.07) is 6.22. The molecule has 0 radical (unpaired) electrons. The summed E-state index contributed by atoms with van der Waals surface area (Å²) >= 11 is 0. The standard InChI is InChI=1S/C10H7F3O/c11-10(12,13)6-7-1-2-8-3-4-14-9(8)5-7/h1-5H,6H2. The van der Waals surface area contributed by atoms with Crippen LogP contribution in [0.2, 0.25) is 0 Å². The van der Waals surface area contributed by atoms with Crippen molar-refractivity contribution in [3.63, 3.8) is 0 Å². The highest BCUT2D eigenvalue weighted by molar-refractivity contribution is 5.77. The number of halogens is 3. The Bertz CT molecular complexity index is 442. The third-order valence-corrected chi connectivity index (χ3v) is 1.93. The van der Waals surface area contributed by atoms with Crippen LogP contribution in [0.25, 0.3) is 11.0 Å². The first-order valence-electron chi connectivity index (χ1n) is 4.07. The van der Waals surface area contributed by atoms with Gasteiger partial charge in [0.2, 0.25) is 0 Å². The third kappa shape index (κ3) is 1.89. The van der Waals surface area contributed by atoms with Crippen molar-refractivity contribution in [2.24, 2.45) is 0 Å². The van der Waals surface area contributed by atoms with E-state index in [1.807, 2.05) is 0 Å². The highest BCUT2D eigenvalue weighted by Crippen LogP contribution is 2.24. The van der Waals surface area contributed by atoms with Crippen LogP contribution < -0.4 is 0 Å². The van der Waals surface area contributed by atoms with Gasteiger partial charge < -0.3 is 4.42 Å². The molecule has 1 nitrogen and oxygen atoms in total. The molecule has 14 heavy (non-hydrogen) atoms. The molecule has 0 amide bonds. The Morgan fingerprint density at radius 3 is 2.64 bits per heavy atom. The molecule has 1 aromatic carbocycles. The molecule has 1 aromatic heterocycles. The molecular formula is C10H7F3O. The van der Waals surface area contributed by atoms with Crippen molar-refractivity contribution in [2.75, 3.05) is 0 Å². The van der Waals surface area contributed by atoms with E-state index < -0.39 is 12.6 Å². The fraction of sp³-hybridized carbons (Fsp3) is 0.200. The number of fused-ring (bicyclic) bond motifs is 1. The smallest absolute Gasteiger partial charge is 0.393 e. The predicted molar refractivity (Wildman–Crippen MR) is 46.0 cm³/mol. The van der Waals surface area contributed by atoms with Crippen LogP contribution in [0.1, 0.15) is 5.56 Å². The fourth-order valence-electron chi connectivity index (χ4n) is 1.34. The maximum absolute atomic E-state index is 12.0. The van der Waals surface area contributed by atoms with Crippen LogP contribution in [0.4, 0.5) is 13.2 Å². The van der Waals surface area contributed by atoms with E-state index >= 15 is 0 Å². The van der Waals surface area contributed by atoms with Crippen molar-refractivity contribution in [1.82, 2.24) is 0 Å². The molecule has 0 N–H and O–H groups in total. The molecule has 0 unspecified atom stereocenters. The minimum Gasteiger partial charge on any atom is -0.464 e. The first-order valence-corrected chi connectivity index (χ1v) is 4.07. The number of alkyl halides is 3. The average Bonchev–Trinajstić information content (AvgIpc) is 2.47. The predicted octanol–water partition coefficient (Wildman–Crippen LogP) is 3.54. The van der Waals surface area contributed by atoms with Gasteiger partial charge in [-0.2, -0.15) is 13.2 Å². The van der Waals surface area contributed by atoms with Gasteiger partial charge in [-0.3, -0.25) is 0 Å². The van der Waals surface area contributed by atoms with Crippen molar-refractivity contribution in [3.05, 3.63) is 36.1 Å². The summed E-state index contributed by atoms with van der Waals surface area (Å²) in [7, 11) is 0. The summed E-state index contributed by atoms with van der Waals surface area (Å²) < 4.78 is 41.1. The fourth-order valence-corrected chi connectivity index (χ4v) is 1.34. The Morgan fingerprint density at radius 2 is 1.93 bits per heavy atom. The second kappa shape index (κ2) is 3.04. The van der Waals surface area contributed by atoms with E-state index in [0.717, 1.165) is 5.39 Å². The normalized spacial score (nSPS) is 12.2. The summed E-state index contributed by atoms with van der Waals surface area (Å²) in [5.74, 6) is 0. The van der Waals surface area contributed by atoms with Gasteiger partial charge in [-0.1, -0.05) is 12.1 Å². The molecule has 0 saturated carbocycles. The molecule has 0 spiro atoms. The Labute approximate surface area is 78.1 Å². The monoisotopic (exact) mass is 200 g/mol. The van der Waals surface area contributed by atoms with Gasteiger partial charge in [-0.25, -0.2) is 0 Å². The van der Waals surface area contributed by atoms with Gasteiger partial charge in [-0.05, 0) is 17.7 Å². The molecule has 0 aliphatic heterocycles. The molecule has 0 saturated heterocycles. The number of furan rings is 1. The third-order valence-electron chi connectivity index (χ3n) is 1.93. The summed E-state index contributed by atoms with van der Waals surface area (Å²) in [5, 5.41) is 0.816. The molecule has 2 aromatic rings. The van der Waals surface area contributed by atoms with Gasteiger partial charge in [0.05, 0.1) is 12.7 Å². The molecule has 1 heterocycles. The second-order valence-electron chi connectivity index (χ2n) is 3.08. The lowest BCUT2D eigenvalue weighted by Crippen LogP contribution is -2.11. The SMILES string of the molecule is FC(F)(F)Cc1ccc2ccoc2c1. The second-order valence-corrected chi connectivity index (χ2v) is 3.08. The van der Waals surface area contributed by atoms with Gasteiger partial charge in [0, 0.05) is 5.39 Å². The lowest BCUT2D eigenvalue weighted by atomic mass is 10.1. The first-order chi connectivity index (χ1) is 6.54. The van der Waals surface area contributed by atoms with Crippen LogP contribution in [0, 0.1) is 0 Å². The van der Waals surface area contributed by atoms with Gasteiger partial charge in [0.1, 0.15) is 5.58 Å². The summed E-state index contributed by atoms with van der Waals surface area (Å²) in [6.45, 7) is 0. The molecule has 74 valence electrons. The van der Waals surface area contributed by atoms with Gasteiger partial charge >= 0.3 is 6.18 Å². The zero-order valence-electron chi connectivity index (χ0n) is 7.14. The number of benzene rings is 1. The lowest BCUT2D eigenvalue weighted by molar-refractivity contribution is -0.127. The van der Waals surface area contributed by atoms with E-state index in [4.69, 9.17) is 4.42 Å². The largest absolute Gasteiger partial charge is 0.464 e. The molecule has 0 bridgehead atoms. The lowest BCUT2D eigenvalue weighted by Gasteiger charge is -2.05. The molecule has 0 atom stereocenters. The summed E-state index contributed by atoms with van der Waals surface area (Å²) in [6.07, 6.45) is -3.62. The van der Waals surface area contributed by atoms with E-state index in [-0.39, 0.29) is 5.56 Å². The van der Waals surface area contributed by atoms with Crippen LogP contribution in [0.5, 0.6) is 0 Å². The van der Waals surface area contributed by atoms with Crippen molar-refractivity contribution in [1.29, 1.82) is 0 Å². The highest BCUT2D eigenvalue weighted by Gasteiger charge is 2.27. The van der Waals surface area contributed by atoms with Gasteiger partial charge in [0.25, 0.3) is 0 Å². The quantitative estimate of drug-likeness (QED) is 0.686. The summed E-state index contributed by atoms with van der Waals surface area (Å²) in [5.41, 5.74) is 0.715. The summed E-state index contributed by atoms with van der Waals surface area (Å²) in [4.78, 5) is 0. The Kier molecular flexibility index (Phi) is 1.98. The van der Waals surface area contributed by atoms with Crippen molar-refractivity contribution >= 4 is 11.0 Å². The van der Waals surface area contributed by atoms with E-state index in [1.165, 1.54) is 18.4 Å². The Balaban J connectivity index is 2.35. The number of rotatable bonds is 1. The van der Waals surface area contributed by atoms with E-state index in [0.29, 0.717) is 5.58 Å². The van der Waals surface area contributed by atoms with Crippen LogP contribution >= 0.6 is 0 Å². The Morgan fingerprint density at radius 1 is 1.14 bits per heavy atom. The average molecular weight is 200 g/mol.